The standard InChI is InChI=1S/C14H22N2/c1-10(2)14-13(5-4-11(3)16-14)12-6-8-15-9-7-12/h4-5,10,12,15H,6-9H2,1-3H3. The third-order valence-corrected chi connectivity index (χ3v) is 3.42. The fourth-order valence-corrected chi connectivity index (χ4v) is 2.53. The molecule has 1 fully saturated rings. The summed E-state index contributed by atoms with van der Waals surface area (Å²) in [4.78, 5) is 4.73. The van der Waals surface area contributed by atoms with Gasteiger partial charge in [0.25, 0.3) is 0 Å². The van der Waals surface area contributed by atoms with Gasteiger partial charge in [0.2, 0.25) is 0 Å². The molecule has 2 heterocycles. The number of hydrogen-bond donors (Lipinski definition) is 1. The van der Waals surface area contributed by atoms with Crippen LogP contribution in [-0.2, 0) is 0 Å². The van der Waals surface area contributed by atoms with Crippen molar-refractivity contribution in [3.8, 4) is 0 Å². The van der Waals surface area contributed by atoms with E-state index in [-0.39, 0.29) is 0 Å². The van der Waals surface area contributed by atoms with Crippen LogP contribution >= 0.6 is 0 Å². The number of aryl methyl sites for hydroxylation is 1. The van der Waals surface area contributed by atoms with E-state index in [1.54, 1.807) is 0 Å². The first-order valence-electron chi connectivity index (χ1n) is 6.36. The summed E-state index contributed by atoms with van der Waals surface area (Å²) in [5, 5.41) is 3.42. The van der Waals surface area contributed by atoms with Gasteiger partial charge in [0, 0.05) is 11.4 Å². The molecule has 16 heavy (non-hydrogen) atoms. The number of hydrogen-bond acceptors (Lipinski definition) is 2. The average Bonchev–Trinajstić information content (AvgIpc) is 2.30. The highest BCUT2D eigenvalue weighted by atomic mass is 14.9. The summed E-state index contributed by atoms with van der Waals surface area (Å²) < 4.78 is 0. The van der Waals surface area contributed by atoms with E-state index in [2.05, 4.69) is 38.2 Å². The zero-order valence-electron chi connectivity index (χ0n) is 10.6. The summed E-state index contributed by atoms with van der Waals surface area (Å²) in [6.07, 6.45) is 2.51. The minimum Gasteiger partial charge on any atom is -0.317 e. The van der Waals surface area contributed by atoms with Crippen molar-refractivity contribution in [1.29, 1.82) is 0 Å². The molecular weight excluding hydrogens is 196 g/mol. The molecule has 0 unspecified atom stereocenters. The van der Waals surface area contributed by atoms with Crippen LogP contribution in [0.2, 0.25) is 0 Å². The Morgan fingerprint density at radius 2 is 1.94 bits per heavy atom. The van der Waals surface area contributed by atoms with E-state index in [0.29, 0.717) is 11.8 Å². The second kappa shape index (κ2) is 4.96. The van der Waals surface area contributed by atoms with Gasteiger partial charge in [0.15, 0.2) is 0 Å². The van der Waals surface area contributed by atoms with Gasteiger partial charge in [-0.15, -0.1) is 0 Å². The van der Waals surface area contributed by atoms with Crippen LogP contribution in [0.1, 0.15) is 55.5 Å². The maximum absolute atomic E-state index is 4.73. The van der Waals surface area contributed by atoms with Gasteiger partial charge in [-0.1, -0.05) is 19.9 Å². The molecule has 0 atom stereocenters. The number of pyridine rings is 1. The zero-order chi connectivity index (χ0) is 11.5. The number of piperidine rings is 1. The first-order chi connectivity index (χ1) is 7.68. The molecule has 1 saturated heterocycles. The van der Waals surface area contributed by atoms with Crippen LogP contribution in [0.5, 0.6) is 0 Å². The summed E-state index contributed by atoms with van der Waals surface area (Å²) in [5.41, 5.74) is 3.94. The van der Waals surface area contributed by atoms with E-state index < -0.39 is 0 Å². The van der Waals surface area contributed by atoms with Crippen LogP contribution in [0, 0.1) is 6.92 Å². The molecule has 0 amide bonds. The Morgan fingerprint density at radius 3 is 2.56 bits per heavy atom. The molecule has 88 valence electrons. The average molecular weight is 218 g/mol. The van der Waals surface area contributed by atoms with Crippen molar-refractivity contribution < 1.29 is 0 Å². The number of nitrogens with zero attached hydrogens (tertiary/aromatic N) is 1. The molecule has 0 radical (unpaired) electrons. The highest BCUT2D eigenvalue weighted by Crippen LogP contribution is 2.30. The van der Waals surface area contributed by atoms with Crippen molar-refractivity contribution in [1.82, 2.24) is 10.3 Å². The topological polar surface area (TPSA) is 24.9 Å². The Kier molecular flexibility index (Phi) is 3.59. The summed E-state index contributed by atoms with van der Waals surface area (Å²) in [6, 6.07) is 4.46. The van der Waals surface area contributed by atoms with Gasteiger partial charge >= 0.3 is 0 Å². The van der Waals surface area contributed by atoms with Crippen molar-refractivity contribution in [2.45, 2.75) is 45.4 Å². The van der Waals surface area contributed by atoms with Crippen molar-refractivity contribution in [2.75, 3.05) is 13.1 Å². The first-order valence-corrected chi connectivity index (χ1v) is 6.36. The van der Waals surface area contributed by atoms with Gasteiger partial charge in [0.1, 0.15) is 0 Å². The Bertz CT molecular complexity index is 352. The Morgan fingerprint density at radius 1 is 1.25 bits per heavy atom. The molecule has 0 spiro atoms. The number of rotatable bonds is 2. The van der Waals surface area contributed by atoms with Crippen LogP contribution in [0.4, 0.5) is 0 Å². The van der Waals surface area contributed by atoms with E-state index in [1.165, 1.54) is 24.1 Å². The minimum atomic E-state index is 0.532. The highest BCUT2D eigenvalue weighted by molar-refractivity contribution is 5.29. The molecule has 1 N–H and O–H groups in total. The molecular formula is C14H22N2. The van der Waals surface area contributed by atoms with Crippen LogP contribution < -0.4 is 5.32 Å². The Labute approximate surface area is 98.5 Å². The molecule has 1 aromatic heterocycles. The fraction of sp³-hybridized carbons (Fsp3) is 0.643. The summed E-state index contributed by atoms with van der Waals surface area (Å²) >= 11 is 0. The lowest BCUT2D eigenvalue weighted by Crippen LogP contribution is -2.27. The van der Waals surface area contributed by atoms with Gasteiger partial charge in [-0.2, -0.15) is 0 Å². The van der Waals surface area contributed by atoms with Gasteiger partial charge < -0.3 is 5.32 Å². The monoisotopic (exact) mass is 218 g/mol. The van der Waals surface area contributed by atoms with E-state index in [4.69, 9.17) is 4.98 Å². The lowest BCUT2D eigenvalue weighted by Gasteiger charge is -2.25. The smallest absolute Gasteiger partial charge is 0.0466 e. The van der Waals surface area contributed by atoms with Crippen LogP contribution in [0.15, 0.2) is 12.1 Å². The third kappa shape index (κ3) is 2.43. The quantitative estimate of drug-likeness (QED) is 0.825. The van der Waals surface area contributed by atoms with E-state index in [1.807, 2.05) is 0 Å². The van der Waals surface area contributed by atoms with Crippen LogP contribution in [0.3, 0.4) is 0 Å². The minimum absolute atomic E-state index is 0.532. The highest BCUT2D eigenvalue weighted by Gasteiger charge is 2.20. The fourth-order valence-electron chi connectivity index (χ4n) is 2.53. The molecule has 1 aliphatic heterocycles. The van der Waals surface area contributed by atoms with Crippen LogP contribution in [-0.4, -0.2) is 18.1 Å². The summed E-state index contributed by atoms with van der Waals surface area (Å²) in [5.74, 6) is 1.25. The second-order valence-electron chi connectivity index (χ2n) is 5.11. The Hall–Kier alpha value is -0.890. The second-order valence-corrected chi connectivity index (χ2v) is 5.11. The van der Waals surface area contributed by atoms with Gasteiger partial charge in [0.05, 0.1) is 0 Å². The Balaban J connectivity index is 2.31. The largest absolute Gasteiger partial charge is 0.317 e. The number of nitrogens with one attached hydrogen (secondary N) is 1. The third-order valence-electron chi connectivity index (χ3n) is 3.42. The normalized spacial score (nSPS) is 18.0. The maximum Gasteiger partial charge on any atom is 0.0466 e. The van der Waals surface area contributed by atoms with E-state index >= 15 is 0 Å². The SMILES string of the molecule is Cc1ccc(C2CCNCC2)c(C(C)C)n1. The molecule has 1 aromatic rings. The lowest BCUT2D eigenvalue weighted by molar-refractivity contribution is 0.455. The van der Waals surface area contributed by atoms with Gasteiger partial charge in [-0.25, -0.2) is 0 Å². The molecule has 0 aliphatic carbocycles. The maximum atomic E-state index is 4.73. The first kappa shape index (κ1) is 11.6. The number of aromatic nitrogens is 1. The van der Waals surface area contributed by atoms with Crippen molar-refractivity contribution in [2.24, 2.45) is 0 Å². The zero-order valence-corrected chi connectivity index (χ0v) is 10.6. The van der Waals surface area contributed by atoms with Gasteiger partial charge in [-0.3, -0.25) is 4.98 Å². The molecule has 2 nitrogen and oxygen atoms in total. The molecule has 0 saturated carbocycles. The predicted octanol–water partition coefficient (Wildman–Crippen LogP) is 2.98. The van der Waals surface area contributed by atoms with E-state index in [9.17, 15) is 0 Å². The lowest BCUT2D eigenvalue weighted by atomic mass is 9.86. The van der Waals surface area contributed by atoms with Gasteiger partial charge in [-0.05, 0) is 56.3 Å². The molecule has 2 heteroatoms. The van der Waals surface area contributed by atoms with Crippen molar-refractivity contribution >= 4 is 0 Å². The van der Waals surface area contributed by atoms with Crippen molar-refractivity contribution in [3.63, 3.8) is 0 Å². The summed E-state index contributed by atoms with van der Waals surface area (Å²) in [7, 11) is 0. The summed E-state index contributed by atoms with van der Waals surface area (Å²) in [6.45, 7) is 8.86. The predicted molar refractivity (Wildman–Crippen MR) is 67.9 cm³/mol. The molecule has 2 rings (SSSR count). The van der Waals surface area contributed by atoms with Crippen LogP contribution in [0.25, 0.3) is 0 Å². The molecule has 0 bridgehead atoms. The molecule has 0 aromatic carbocycles. The van der Waals surface area contributed by atoms with E-state index in [0.717, 1.165) is 18.8 Å². The van der Waals surface area contributed by atoms with Crippen molar-refractivity contribution in [3.05, 3.63) is 29.1 Å². The molecule has 1 aliphatic rings.